The summed E-state index contributed by atoms with van der Waals surface area (Å²) in [6.07, 6.45) is 0. The van der Waals surface area contributed by atoms with Crippen molar-refractivity contribution in [2.45, 2.75) is 13.5 Å². The Morgan fingerprint density at radius 1 is 1.25 bits per heavy atom. The topological polar surface area (TPSA) is 47.0 Å². The summed E-state index contributed by atoms with van der Waals surface area (Å²) < 4.78 is 7.15. The van der Waals surface area contributed by atoms with E-state index in [1.165, 1.54) is 0 Å². The summed E-state index contributed by atoms with van der Waals surface area (Å²) in [5, 5.41) is 3.59. The lowest BCUT2D eigenvalue weighted by molar-refractivity contribution is 0.128. The van der Waals surface area contributed by atoms with E-state index in [1.807, 2.05) is 25.1 Å². The maximum absolute atomic E-state index is 6.00. The van der Waals surface area contributed by atoms with Crippen molar-refractivity contribution >= 4 is 55.0 Å². The van der Waals surface area contributed by atoms with Crippen molar-refractivity contribution in [3.8, 4) is 0 Å². The molecule has 2 aromatic rings. The van der Waals surface area contributed by atoms with Gasteiger partial charge in [0, 0.05) is 21.6 Å². The third kappa shape index (κ3) is 4.15. The van der Waals surface area contributed by atoms with E-state index in [1.54, 1.807) is 6.07 Å². The standard InChI is InChI=1S/C13H12Br2ClN3O/c1-2-20-7-12-17-10(16)6-11(18-12)19-13-8(14)4-3-5-9(13)15/h3-6H,2,7H2,1H3,(H,17,18,19). The fourth-order valence-electron chi connectivity index (χ4n) is 1.53. The number of hydrogen-bond donors (Lipinski definition) is 1. The zero-order valence-electron chi connectivity index (χ0n) is 10.7. The number of halogens is 3. The van der Waals surface area contributed by atoms with Gasteiger partial charge in [-0.25, -0.2) is 9.97 Å². The predicted octanol–water partition coefficient (Wildman–Crippen LogP) is 4.94. The number of para-hydroxylation sites is 1. The Morgan fingerprint density at radius 2 is 1.95 bits per heavy atom. The summed E-state index contributed by atoms with van der Waals surface area (Å²) in [7, 11) is 0. The van der Waals surface area contributed by atoms with Gasteiger partial charge in [0.25, 0.3) is 0 Å². The first-order valence-corrected chi connectivity index (χ1v) is 7.88. The van der Waals surface area contributed by atoms with Crippen LogP contribution in [0, 0.1) is 0 Å². The second-order valence-electron chi connectivity index (χ2n) is 3.85. The first-order valence-electron chi connectivity index (χ1n) is 5.92. The van der Waals surface area contributed by atoms with Gasteiger partial charge in [-0.2, -0.15) is 0 Å². The fourth-order valence-corrected chi connectivity index (χ4v) is 2.93. The molecule has 0 saturated carbocycles. The maximum Gasteiger partial charge on any atom is 0.158 e. The van der Waals surface area contributed by atoms with Crippen LogP contribution in [0.2, 0.25) is 5.15 Å². The van der Waals surface area contributed by atoms with E-state index in [0.717, 1.165) is 14.6 Å². The normalized spacial score (nSPS) is 10.6. The molecule has 0 spiro atoms. The Hall–Kier alpha value is -0.690. The second-order valence-corrected chi connectivity index (χ2v) is 5.95. The fraction of sp³-hybridized carbons (Fsp3) is 0.231. The third-order valence-corrected chi connectivity index (χ3v) is 3.91. The van der Waals surface area contributed by atoms with Crippen LogP contribution in [-0.2, 0) is 11.3 Å². The van der Waals surface area contributed by atoms with Gasteiger partial charge in [0.15, 0.2) is 5.82 Å². The van der Waals surface area contributed by atoms with Gasteiger partial charge in [0.05, 0.1) is 5.69 Å². The molecule has 106 valence electrons. The molecule has 7 heteroatoms. The smallest absolute Gasteiger partial charge is 0.158 e. The minimum absolute atomic E-state index is 0.336. The lowest BCUT2D eigenvalue weighted by Crippen LogP contribution is -2.03. The van der Waals surface area contributed by atoms with E-state index in [9.17, 15) is 0 Å². The Balaban J connectivity index is 2.27. The second kappa shape index (κ2) is 7.36. The molecule has 0 fully saturated rings. The summed E-state index contributed by atoms with van der Waals surface area (Å²) in [5.74, 6) is 1.16. The highest BCUT2D eigenvalue weighted by Crippen LogP contribution is 2.32. The van der Waals surface area contributed by atoms with Crippen molar-refractivity contribution in [2.24, 2.45) is 0 Å². The average Bonchev–Trinajstić information content (AvgIpc) is 2.40. The van der Waals surface area contributed by atoms with Gasteiger partial charge in [0.1, 0.15) is 17.6 Å². The Kier molecular flexibility index (Phi) is 5.77. The molecule has 20 heavy (non-hydrogen) atoms. The summed E-state index contributed by atoms with van der Waals surface area (Å²) in [4.78, 5) is 8.50. The molecule has 0 aliphatic carbocycles. The highest BCUT2D eigenvalue weighted by molar-refractivity contribution is 9.11. The van der Waals surface area contributed by atoms with Gasteiger partial charge >= 0.3 is 0 Å². The molecule has 0 aliphatic heterocycles. The average molecular weight is 422 g/mol. The molecule has 2 rings (SSSR count). The van der Waals surface area contributed by atoms with E-state index in [0.29, 0.717) is 30.0 Å². The number of ether oxygens (including phenoxy) is 1. The molecule has 1 aromatic heterocycles. The number of nitrogens with one attached hydrogen (secondary N) is 1. The lowest BCUT2D eigenvalue weighted by atomic mass is 10.3. The van der Waals surface area contributed by atoms with Crippen LogP contribution in [0.25, 0.3) is 0 Å². The van der Waals surface area contributed by atoms with Crippen LogP contribution in [-0.4, -0.2) is 16.6 Å². The molecule has 4 nitrogen and oxygen atoms in total. The number of anilines is 2. The molecule has 1 aromatic carbocycles. The van der Waals surface area contributed by atoms with Gasteiger partial charge < -0.3 is 10.1 Å². The van der Waals surface area contributed by atoms with Crippen molar-refractivity contribution in [1.29, 1.82) is 0 Å². The number of hydrogen-bond acceptors (Lipinski definition) is 4. The van der Waals surface area contributed by atoms with Crippen LogP contribution in [0.4, 0.5) is 11.5 Å². The van der Waals surface area contributed by atoms with Crippen molar-refractivity contribution in [2.75, 3.05) is 11.9 Å². The SMILES string of the molecule is CCOCc1nc(Cl)cc(Nc2c(Br)cccc2Br)n1. The molecule has 0 aliphatic rings. The maximum atomic E-state index is 6.00. The van der Waals surface area contributed by atoms with E-state index in [-0.39, 0.29) is 0 Å². The quantitative estimate of drug-likeness (QED) is 0.695. The molecule has 1 heterocycles. The van der Waals surface area contributed by atoms with Gasteiger partial charge in [0.2, 0.25) is 0 Å². The Labute approximate surface area is 139 Å². The monoisotopic (exact) mass is 419 g/mol. The molecule has 0 amide bonds. The van der Waals surface area contributed by atoms with Crippen molar-refractivity contribution in [1.82, 2.24) is 9.97 Å². The summed E-state index contributed by atoms with van der Waals surface area (Å²) in [6, 6.07) is 7.49. The zero-order valence-corrected chi connectivity index (χ0v) is 14.6. The number of aromatic nitrogens is 2. The Morgan fingerprint density at radius 3 is 2.60 bits per heavy atom. The molecular weight excluding hydrogens is 409 g/mol. The van der Waals surface area contributed by atoms with Gasteiger partial charge in [-0.1, -0.05) is 17.7 Å². The summed E-state index contributed by atoms with van der Waals surface area (Å²) >= 11 is 13.0. The number of nitrogens with zero attached hydrogens (tertiary/aromatic N) is 2. The van der Waals surface area contributed by atoms with Crippen molar-refractivity contribution < 1.29 is 4.74 Å². The minimum Gasteiger partial charge on any atom is -0.374 e. The third-order valence-electron chi connectivity index (χ3n) is 2.39. The van der Waals surface area contributed by atoms with Gasteiger partial charge in [-0.3, -0.25) is 0 Å². The lowest BCUT2D eigenvalue weighted by Gasteiger charge is -2.11. The number of benzene rings is 1. The van der Waals surface area contributed by atoms with Crippen molar-refractivity contribution in [3.63, 3.8) is 0 Å². The summed E-state index contributed by atoms with van der Waals surface area (Å²) in [6.45, 7) is 2.86. The predicted molar refractivity (Wildman–Crippen MR) is 87.5 cm³/mol. The molecule has 0 atom stereocenters. The first kappa shape index (κ1) is 15.7. The van der Waals surface area contributed by atoms with Crippen LogP contribution in [0.5, 0.6) is 0 Å². The summed E-state index contributed by atoms with van der Waals surface area (Å²) in [5.41, 5.74) is 0.879. The van der Waals surface area contributed by atoms with Gasteiger partial charge in [-0.15, -0.1) is 0 Å². The molecule has 0 radical (unpaired) electrons. The first-order chi connectivity index (χ1) is 9.60. The van der Waals surface area contributed by atoms with E-state index >= 15 is 0 Å². The zero-order chi connectivity index (χ0) is 14.5. The van der Waals surface area contributed by atoms with E-state index < -0.39 is 0 Å². The van der Waals surface area contributed by atoms with E-state index in [4.69, 9.17) is 16.3 Å². The highest BCUT2D eigenvalue weighted by Gasteiger charge is 2.08. The molecular formula is C13H12Br2ClN3O. The molecule has 0 unspecified atom stereocenters. The largest absolute Gasteiger partial charge is 0.374 e. The minimum atomic E-state index is 0.336. The van der Waals surface area contributed by atoms with Gasteiger partial charge in [-0.05, 0) is 50.9 Å². The van der Waals surface area contributed by atoms with Crippen LogP contribution in [0.1, 0.15) is 12.7 Å². The molecule has 1 N–H and O–H groups in total. The van der Waals surface area contributed by atoms with Crippen LogP contribution < -0.4 is 5.32 Å². The Bertz CT molecular complexity index is 590. The van der Waals surface area contributed by atoms with Crippen LogP contribution in [0.3, 0.4) is 0 Å². The van der Waals surface area contributed by atoms with Crippen molar-refractivity contribution in [3.05, 3.63) is 44.2 Å². The molecule has 0 saturated heterocycles. The highest BCUT2D eigenvalue weighted by atomic mass is 79.9. The molecule has 0 bridgehead atoms. The number of rotatable bonds is 5. The van der Waals surface area contributed by atoms with Crippen LogP contribution in [0.15, 0.2) is 33.2 Å². The van der Waals surface area contributed by atoms with Crippen LogP contribution >= 0.6 is 43.5 Å². The van der Waals surface area contributed by atoms with E-state index in [2.05, 4.69) is 47.1 Å².